The number of aliphatic hydroxyl groups excluding tert-OH is 1. The first kappa shape index (κ1) is 76.9. The Labute approximate surface area is 508 Å². The van der Waals surface area contributed by atoms with Crippen molar-refractivity contribution in [1.82, 2.24) is 55.6 Å². The molecule has 0 spiro atoms. The van der Waals surface area contributed by atoms with E-state index in [9.17, 15) is 48.3 Å². The van der Waals surface area contributed by atoms with Crippen LogP contribution in [0.25, 0.3) is 0 Å². The smallest absolute Gasteiger partial charge is 0.246 e. The van der Waals surface area contributed by atoms with Gasteiger partial charge >= 0.3 is 0 Å². The summed E-state index contributed by atoms with van der Waals surface area (Å²) in [5.41, 5.74) is 0. The molecule has 13 atom stereocenters. The molecule has 0 aliphatic carbocycles. The number of aliphatic hydroxyl groups is 1. The van der Waals surface area contributed by atoms with Crippen LogP contribution in [0, 0.1) is 41.4 Å². The molecule has 5 N–H and O–H groups in total. The summed E-state index contributed by atoms with van der Waals surface area (Å²) in [6.07, 6.45) is 3.31. The van der Waals surface area contributed by atoms with Crippen molar-refractivity contribution in [2.45, 2.75) is 223 Å². The number of hydrogen-bond donors (Lipinski definition) is 5. The molecule has 0 saturated carbocycles. The van der Waals surface area contributed by atoms with Gasteiger partial charge in [0.25, 0.3) is 0 Å². The van der Waals surface area contributed by atoms with E-state index in [-0.39, 0.29) is 43.4 Å². The number of allylic oxidation sites excluding steroid dienone is 2. The predicted octanol–water partition coefficient (Wildman–Crippen LogP) is 3.27. The van der Waals surface area contributed by atoms with Gasteiger partial charge in [0.05, 0.1) is 12.6 Å². The van der Waals surface area contributed by atoms with Crippen LogP contribution in [0.1, 0.15) is 156 Å². The molecule has 1 rings (SSSR count). The van der Waals surface area contributed by atoms with E-state index in [1.54, 1.807) is 61.5 Å². The molecule has 1 heterocycles. The van der Waals surface area contributed by atoms with Gasteiger partial charge in [0, 0.05) is 49.3 Å². The second kappa shape index (κ2) is 34.9. The van der Waals surface area contributed by atoms with Crippen LogP contribution >= 0.6 is 0 Å². The Balaban J connectivity index is 4.33. The zero-order valence-corrected chi connectivity index (χ0v) is 56.1. The Morgan fingerprint density at radius 1 is 0.482 bits per heavy atom. The zero-order valence-electron chi connectivity index (χ0n) is 56.1. The lowest BCUT2D eigenvalue weighted by Crippen LogP contribution is -2.63. The van der Waals surface area contributed by atoms with Gasteiger partial charge in [-0.1, -0.05) is 116 Å². The van der Waals surface area contributed by atoms with Crippen molar-refractivity contribution in [2.75, 3.05) is 55.9 Å². The molecule has 85 heavy (non-hydrogen) atoms. The van der Waals surface area contributed by atoms with Crippen LogP contribution in [0.3, 0.4) is 0 Å². The number of rotatable bonds is 15. The van der Waals surface area contributed by atoms with E-state index in [2.05, 4.69) is 21.3 Å². The fraction of sp³-hybridized carbons (Fsp3) is 0.790. The van der Waals surface area contributed by atoms with Gasteiger partial charge in [0.1, 0.15) is 60.4 Å². The fourth-order valence-electron chi connectivity index (χ4n) is 10.8. The quantitative estimate of drug-likeness (QED) is 0.148. The van der Waals surface area contributed by atoms with Gasteiger partial charge in [-0.2, -0.15) is 0 Å². The minimum Gasteiger partial charge on any atom is -0.390 e. The van der Waals surface area contributed by atoms with E-state index in [1.165, 1.54) is 87.7 Å². The number of nitrogens with one attached hydrogen (secondary N) is 4. The lowest BCUT2D eigenvalue weighted by atomic mass is 9.91. The molecule has 1 fully saturated rings. The molecule has 1 unspecified atom stereocenters. The molecule has 0 aromatic heterocycles. The molecule has 1 aliphatic heterocycles. The third-order valence-electron chi connectivity index (χ3n) is 16.5. The molecule has 1 saturated heterocycles. The highest BCUT2D eigenvalue weighted by atomic mass is 16.3. The summed E-state index contributed by atoms with van der Waals surface area (Å²) in [5.74, 6) is -10.0. The molecule has 0 aromatic carbocycles. The van der Waals surface area contributed by atoms with Crippen LogP contribution in [0.2, 0.25) is 0 Å². The maximum absolute atomic E-state index is 15.1. The molecule has 0 aromatic rings. The maximum Gasteiger partial charge on any atom is 0.246 e. The molecule has 1 aliphatic rings. The van der Waals surface area contributed by atoms with Crippen LogP contribution in [0.5, 0.6) is 0 Å². The van der Waals surface area contributed by atoms with Crippen LogP contribution < -0.4 is 21.3 Å². The SMILES string of the molecule is C/C=C/C[C@@H](C)[C@@H](O)[C@H]1C(=O)N[C@@H](CC)C(=O)N(C)CC(=O)N(C)[C@@H](C(C)CC)C(=O)N[C@@H](C(C)C)C(=O)N(C)[C@@H](CC(C)C)C(=O)N[C@@H](C)C(=O)N[C@H](C)C(=O)N(C)[C@@H](CC(C)C)C(=O)N(C)[C@H](CC(C)C)C(=O)N(C)[C@@H](C(C)C)C(=O)N1C. The average molecular weight is 1200 g/mol. The molecular formula is C62H111N11O12. The van der Waals surface area contributed by atoms with Gasteiger partial charge in [0.2, 0.25) is 65.0 Å². The third-order valence-corrected chi connectivity index (χ3v) is 16.5. The Hall–Kier alpha value is -6.13. The highest BCUT2D eigenvalue weighted by molar-refractivity contribution is 5.99. The summed E-state index contributed by atoms with van der Waals surface area (Å²) >= 11 is 0. The Bertz CT molecular complexity index is 2330. The van der Waals surface area contributed by atoms with E-state index < -0.39 is 162 Å². The number of nitrogens with zero attached hydrogens (tertiary/aromatic N) is 7. The molecule has 23 heteroatoms. The summed E-state index contributed by atoms with van der Waals surface area (Å²) < 4.78 is 0. The Kier molecular flexibility index (Phi) is 31.5. The van der Waals surface area contributed by atoms with E-state index in [0.717, 1.165) is 9.80 Å². The molecule has 23 nitrogen and oxygen atoms in total. The van der Waals surface area contributed by atoms with Gasteiger partial charge in [-0.3, -0.25) is 52.7 Å². The molecule has 0 bridgehead atoms. The highest BCUT2D eigenvalue weighted by Gasteiger charge is 2.46. The minimum absolute atomic E-state index is 0.0224. The molecule has 0 radical (unpaired) electrons. The van der Waals surface area contributed by atoms with Crippen molar-refractivity contribution < 1.29 is 57.8 Å². The molecular weight excluding hydrogens is 1090 g/mol. The highest BCUT2D eigenvalue weighted by Crippen LogP contribution is 2.26. The lowest BCUT2D eigenvalue weighted by molar-refractivity contribution is -0.157. The number of carbonyl (C=O) groups excluding carboxylic acids is 11. The first-order chi connectivity index (χ1) is 39.3. The summed E-state index contributed by atoms with van der Waals surface area (Å²) in [6.45, 7) is 29.2. The number of carbonyl (C=O) groups is 11. The van der Waals surface area contributed by atoms with Gasteiger partial charge in [-0.15, -0.1) is 0 Å². The second-order valence-electron chi connectivity index (χ2n) is 25.8. The van der Waals surface area contributed by atoms with Gasteiger partial charge in [-0.25, -0.2) is 0 Å². The van der Waals surface area contributed by atoms with E-state index >= 15 is 9.59 Å². The second-order valence-corrected chi connectivity index (χ2v) is 25.8. The van der Waals surface area contributed by atoms with Crippen molar-refractivity contribution >= 4 is 65.0 Å². The largest absolute Gasteiger partial charge is 0.390 e. The summed E-state index contributed by atoms with van der Waals surface area (Å²) in [4.78, 5) is 169. The van der Waals surface area contributed by atoms with Crippen LogP contribution in [0.15, 0.2) is 12.2 Å². The van der Waals surface area contributed by atoms with E-state index in [0.29, 0.717) is 12.8 Å². The van der Waals surface area contributed by atoms with Gasteiger partial charge in [0.15, 0.2) is 0 Å². The first-order valence-electron chi connectivity index (χ1n) is 30.6. The molecule has 486 valence electrons. The van der Waals surface area contributed by atoms with Crippen molar-refractivity contribution in [2.24, 2.45) is 41.4 Å². The number of amides is 11. The van der Waals surface area contributed by atoms with Crippen molar-refractivity contribution in [3.63, 3.8) is 0 Å². The van der Waals surface area contributed by atoms with Crippen molar-refractivity contribution in [3.05, 3.63) is 12.2 Å². The summed E-state index contributed by atoms with van der Waals surface area (Å²) in [5, 5.41) is 23.1. The summed E-state index contributed by atoms with van der Waals surface area (Å²) in [6, 6.07) is -12.3. The van der Waals surface area contributed by atoms with Crippen molar-refractivity contribution in [3.8, 4) is 0 Å². The van der Waals surface area contributed by atoms with E-state index in [1.807, 2.05) is 54.5 Å². The average Bonchev–Trinajstić information content (AvgIpc) is 3.49. The van der Waals surface area contributed by atoms with Gasteiger partial charge < -0.3 is 60.7 Å². The topological polar surface area (TPSA) is 279 Å². The van der Waals surface area contributed by atoms with Crippen LogP contribution in [-0.2, 0) is 52.7 Å². The van der Waals surface area contributed by atoms with Gasteiger partial charge in [-0.05, 0) is 94.3 Å². The van der Waals surface area contributed by atoms with E-state index in [4.69, 9.17) is 0 Å². The summed E-state index contributed by atoms with van der Waals surface area (Å²) in [7, 11) is 9.92. The van der Waals surface area contributed by atoms with Crippen molar-refractivity contribution in [1.29, 1.82) is 0 Å². The fourth-order valence-corrected chi connectivity index (χ4v) is 10.8. The monoisotopic (exact) mass is 1200 g/mol. The first-order valence-corrected chi connectivity index (χ1v) is 30.6. The van der Waals surface area contributed by atoms with Crippen LogP contribution in [-0.4, -0.2) is 227 Å². The minimum atomic E-state index is -1.61. The predicted molar refractivity (Wildman–Crippen MR) is 328 cm³/mol. The Morgan fingerprint density at radius 3 is 1.39 bits per heavy atom. The zero-order chi connectivity index (χ0) is 66.0. The normalized spacial score (nSPS) is 27.2. The lowest BCUT2D eigenvalue weighted by Gasteiger charge is -2.41. The maximum atomic E-state index is 15.1. The molecule has 11 amide bonds. The third kappa shape index (κ3) is 21.1. The number of hydrogen-bond acceptors (Lipinski definition) is 12. The Morgan fingerprint density at radius 2 is 0.929 bits per heavy atom. The van der Waals surface area contributed by atoms with Crippen LogP contribution in [0.4, 0.5) is 0 Å². The standard InChI is InChI=1S/C62H111N11O12/c1-25-28-29-40(15)52(75)51-56(79)65-43(27-3)58(81)67(18)33-47(74)71(22)50(39(14)26-2)55(78)66-48(37(10)11)61(84)68(19)44(30-34(4)5)54(77)63-41(16)53(76)64-42(17)57(80)69(20)45(31-35(6)7)59(82)70(21)46(32-36(8)9)60(83)72(23)49(38(12)13)62(85)73(51)24/h25,28,34-46,48-52,75H,26-27,29-33H2,1-24H3,(H,63,77)(H,64,76)(H,65,79)(H,66,78)/b28-25+/t39?,40-,41+,42-,43+,44+,45+,46-,48+,49+,50+,51+,52-/m1/s1. The number of likely N-dealkylation sites (N-methyl/N-ethyl adjacent to an activating group) is 7.